The number of aliphatic hydroxyl groups is 1. The Hall–Kier alpha value is -0.980. The molecule has 1 N–H and O–H groups in total. The van der Waals surface area contributed by atoms with E-state index in [2.05, 4.69) is 26.9 Å². The van der Waals surface area contributed by atoms with E-state index in [9.17, 15) is 5.11 Å². The van der Waals surface area contributed by atoms with E-state index in [1.807, 2.05) is 13.8 Å². The summed E-state index contributed by atoms with van der Waals surface area (Å²) < 4.78 is 5.00. The van der Waals surface area contributed by atoms with E-state index in [0.717, 1.165) is 45.0 Å². The van der Waals surface area contributed by atoms with Gasteiger partial charge in [0.25, 0.3) is 0 Å². The first kappa shape index (κ1) is 14.4. The Kier molecular flexibility index (Phi) is 4.90. The topological polar surface area (TPSA) is 65.6 Å². The van der Waals surface area contributed by atoms with Crippen molar-refractivity contribution in [2.45, 2.75) is 45.9 Å². The fourth-order valence-corrected chi connectivity index (χ4v) is 2.67. The molecule has 2 heterocycles. The van der Waals surface area contributed by atoms with E-state index in [1.165, 1.54) is 0 Å². The first-order valence-electron chi connectivity index (χ1n) is 7.02. The third kappa shape index (κ3) is 3.99. The van der Waals surface area contributed by atoms with E-state index in [1.54, 1.807) is 0 Å². The summed E-state index contributed by atoms with van der Waals surface area (Å²) in [6.07, 6.45) is 0.828. The number of aryl methyl sites for hydroxylation is 1. The van der Waals surface area contributed by atoms with Crippen molar-refractivity contribution in [2.75, 3.05) is 26.2 Å². The molecule has 6 nitrogen and oxygen atoms in total. The number of hydrogen-bond acceptors (Lipinski definition) is 6. The highest BCUT2D eigenvalue weighted by molar-refractivity contribution is 4.88. The Morgan fingerprint density at radius 2 is 2.26 bits per heavy atom. The first-order valence-corrected chi connectivity index (χ1v) is 7.02. The molecule has 2 unspecified atom stereocenters. The smallest absolute Gasteiger partial charge is 0.223 e. The molecule has 0 amide bonds. The molecule has 6 heteroatoms. The Labute approximate surface area is 114 Å². The predicted octanol–water partition coefficient (Wildman–Crippen LogP) is 0.655. The van der Waals surface area contributed by atoms with Gasteiger partial charge in [-0.15, -0.1) is 0 Å². The molecule has 0 aliphatic carbocycles. The lowest BCUT2D eigenvalue weighted by Crippen LogP contribution is -2.54. The van der Waals surface area contributed by atoms with Crippen LogP contribution in [0.1, 0.15) is 32.0 Å². The minimum Gasteiger partial charge on any atom is -0.392 e. The summed E-state index contributed by atoms with van der Waals surface area (Å²) in [7, 11) is 0. The zero-order valence-electron chi connectivity index (χ0n) is 12.0. The van der Waals surface area contributed by atoms with E-state index in [-0.39, 0.29) is 6.10 Å². The Balaban J connectivity index is 1.89. The Morgan fingerprint density at radius 3 is 2.84 bits per heavy atom. The monoisotopic (exact) mass is 268 g/mol. The summed E-state index contributed by atoms with van der Waals surface area (Å²) in [5.74, 6) is 1.38. The summed E-state index contributed by atoms with van der Waals surface area (Å²) in [5.41, 5.74) is 0. The van der Waals surface area contributed by atoms with Crippen molar-refractivity contribution in [1.82, 2.24) is 19.9 Å². The molecule has 0 aromatic carbocycles. The number of piperazine rings is 1. The van der Waals surface area contributed by atoms with Gasteiger partial charge in [-0.25, -0.2) is 0 Å². The van der Waals surface area contributed by atoms with Crippen LogP contribution in [0.25, 0.3) is 0 Å². The van der Waals surface area contributed by atoms with Gasteiger partial charge in [-0.3, -0.25) is 9.80 Å². The van der Waals surface area contributed by atoms with Crippen molar-refractivity contribution in [3.8, 4) is 0 Å². The Bertz CT molecular complexity index is 394. The van der Waals surface area contributed by atoms with Crippen LogP contribution in [0.3, 0.4) is 0 Å². The molecular weight excluding hydrogens is 244 g/mol. The molecule has 1 aromatic rings. The normalized spacial score (nSPS) is 23.7. The van der Waals surface area contributed by atoms with Gasteiger partial charge in [0.1, 0.15) is 0 Å². The van der Waals surface area contributed by atoms with Gasteiger partial charge in [0, 0.05) is 39.1 Å². The zero-order chi connectivity index (χ0) is 13.8. The quantitative estimate of drug-likeness (QED) is 0.846. The number of rotatable bonds is 5. The average Bonchev–Trinajstić information content (AvgIpc) is 2.76. The van der Waals surface area contributed by atoms with Gasteiger partial charge in [0.2, 0.25) is 5.89 Å². The molecule has 1 aliphatic heterocycles. The van der Waals surface area contributed by atoms with Crippen LogP contribution in [0, 0.1) is 6.92 Å². The van der Waals surface area contributed by atoms with E-state index in [4.69, 9.17) is 4.52 Å². The van der Waals surface area contributed by atoms with Crippen LogP contribution in [-0.4, -0.2) is 63.4 Å². The number of β-amino-alcohol motifs (C(OH)–C–C–N with tert-alkyl or cyclic N) is 1. The molecule has 1 saturated heterocycles. The van der Waals surface area contributed by atoms with Crippen molar-refractivity contribution in [3.05, 3.63) is 11.7 Å². The molecule has 108 valence electrons. The van der Waals surface area contributed by atoms with Gasteiger partial charge >= 0.3 is 0 Å². The van der Waals surface area contributed by atoms with Gasteiger partial charge in [-0.05, 0) is 13.3 Å². The molecular formula is C13H24N4O2. The van der Waals surface area contributed by atoms with E-state index < -0.39 is 0 Å². The maximum absolute atomic E-state index is 9.53. The highest BCUT2D eigenvalue weighted by atomic mass is 16.5. The van der Waals surface area contributed by atoms with Crippen LogP contribution in [0.5, 0.6) is 0 Å². The van der Waals surface area contributed by atoms with Crippen molar-refractivity contribution < 1.29 is 9.63 Å². The zero-order valence-corrected chi connectivity index (χ0v) is 12.0. The second-order valence-corrected chi connectivity index (χ2v) is 5.37. The summed E-state index contributed by atoms with van der Waals surface area (Å²) in [4.78, 5) is 8.99. The lowest BCUT2D eigenvalue weighted by atomic mass is 10.1. The molecule has 1 aromatic heterocycles. The third-order valence-electron chi connectivity index (χ3n) is 3.59. The molecule has 19 heavy (non-hydrogen) atoms. The predicted molar refractivity (Wildman–Crippen MR) is 71.6 cm³/mol. The second-order valence-electron chi connectivity index (χ2n) is 5.37. The molecule has 0 bridgehead atoms. The van der Waals surface area contributed by atoms with Crippen LogP contribution in [0.2, 0.25) is 0 Å². The van der Waals surface area contributed by atoms with Gasteiger partial charge in [0.05, 0.1) is 12.6 Å². The van der Waals surface area contributed by atoms with Crippen molar-refractivity contribution in [2.24, 2.45) is 0 Å². The minimum absolute atomic E-state index is 0.263. The molecule has 2 rings (SSSR count). The molecule has 0 saturated carbocycles. The molecule has 2 atom stereocenters. The van der Waals surface area contributed by atoms with Gasteiger partial charge in [-0.1, -0.05) is 12.1 Å². The first-order chi connectivity index (χ1) is 9.08. The summed E-state index contributed by atoms with van der Waals surface area (Å²) in [6, 6.07) is 0.497. The van der Waals surface area contributed by atoms with Crippen LogP contribution in [0.4, 0.5) is 0 Å². The molecule has 0 radical (unpaired) electrons. The van der Waals surface area contributed by atoms with Crippen molar-refractivity contribution >= 4 is 0 Å². The summed E-state index contributed by atoms with van der Waals surface area (Å²) >= 11 is 0. The van der Waals surface area contributed by atoms with Crippen LogP contribution >= 0.6 is 0 Å². The number of hydrogen-bond donors (Lipinski definition) is 1. The van der Waals surface area contributed by atoms with Crippen LogP contribution < -0.4 is 0 Å². The largest absolute Gasteiger partial charge is 0.392 e. The van der Waals surface area contributed by atoms with Crippen LogP contribution in [-0.2, 0) is 6.54 Å². The molecule has 1 aliphatic rings. The SMILES string of the molecule is CCC1CN(Cc2noc(C)n2)CCN1CC(C)O. The van der Waals surface area contributed by atoms with Gasteiger partial charge < -0.3 is 9.63 Å². The summed E-state index contributed by atoms with van der Waals surface area (Å²) in [6.45, 7) is 10.3. The van der Waals surface area contributed by atoms with Crippen LogP contribution in [0.15, 0.2) is 4.52 Å². The highest BCUT2D eigenvalue weighted by Gasteiger charge is 2.27. The lowest BCUT2D eigenvalue weighted by molar-refractivity contribution is 0.0326. The lowest BCUT2D eigenvalue weighted by Gasteiger charge is -2.41. The number of aromatic nitrogens is 2. The third-order valence-corrected chi connectivity index (χ3v) is 3.59. The van der Waals surface area contributed by atoms with E-state index in [0.29, 0.717) is 11.9 Å². The standard InChI is InChI=1S/C13H24N4O2/c1-4-12-8-16(5-6-17(12)7-10(2)18)9-13-14-11(3)19-15-13/h10,12,18H,4-9H2,1-3H3. The summed E-state index contributed by atoms with van der Waals surface area (Å²) in [5, 5.41) is 13.5. The van der Waals surface area contributed by atoms with Crippen molar-refractivity contribution in [1.29, 1.82) is 0 Å². The second kappa shape index (κ2) is 6.45. The average molecular weight is 268 g/mol. The van der Waals surface area contributed by atoms with Gasteiger partial charge in [0.15, 0.2) is 5.82 Å². The minimum atomic E-state index is -0.263. The molecule has 1 fully saturated rings. The van der Waals surface area contributed by atoms with Crippen molar-refractivity contribution in [3.63, 3.8) is 0 Å². The molecule has 0 spiro atoms. The highest BCUT2D eigenvalue weighted by Crippen LogP contribution is 2.15. The van der Waals surface area contributed by atoms with Gasteiger partial charge in [-0.2, -0.15) is 4.98 Å². The fraction of sp³-hybridized carbons (Fsp3) is 0.846. The Morgan fingerprint density at radius 1 is 1.47 bits per heavy atom. The maximum atomic E-state index is 9.53. The number of aliphatic hydroxyl groups excluding tert-OH is 1. The van der Waals surface area contributed by atoms with E-state index >= 15 is 0 Å². The maximum Gasteiger partial charge on any atom is 0.223 e. The number of nitrogens with zero attached hydrogens (tertiary/aromatic N) is 4. The fourth-order valence-electron chi connectivity index (χ4n) is 2.67.